The number of aliphatic hydroxyl groups is 2. The van der Waals surface area contributed by atoms with Crippen molar-refractivity contribution in [2.45, 2.75) is 25.6 Å². The molecule has 5 N–H and O–H groups in total. The zero-order valence-electron chi connectivity index (χ0n) is 9.77. The molecule has 1 aromatic rings. The van der Waals surface area contributed by atoms with Gasteiger partial charge in [-0.2, -0.15) is 0 Å². The van der Waals surface area contributed by atoms with Crippen LogP contribution in [-0.2, 0) is 6.42 Å². The number of nitrogens with one attached hydrogen (secondary N) is 1. The van der Waals surface area contributed by atoms with E-state index < -0.39 is 12.2 Å². The number of nitrogen functional groups attached to an aromatic ring is 1. The first kappa shape index (κ1) is 13.0. The molecule has 2 atom stereocenters. The van der Waals surface area contributed by atoms with Crippen molar-refractivity contribution < 1.29 is 10.2 Å². The van der Waals surface area contributed by atoms with Gasteiger partial charge in [-0.15, -0.1) is 0 Å². The van der Waals surface area contributed by atoms with Crippen LogP contribution in [0.25, 0.3) is 0 Å². The fourth-order valence-electron chi connectivity index (χ4n) is 1.63. The molecule has 0 aliphatic heterocycles. The van der Waals surface area contributed by atoms with Crippen molar-refractivity contribution in [3.8, 4) is 0 Å². The van der Waals surface area contributed by atoms with Gasteiger partial charge in [0, 0.05) is 17.8 Å². The van der Waals surface area contributed by atoms with Gasteiger partial charge < -0.3 is 21.3 Å². The fraction of sp³-hybridized carbons (Fsp3) is 0.500. The highest BCUT2D eigenvalue weighted by Gasteiger charge is 2.19. The Morgan fingerprint density at radius 2 is 2.06 bits per heavy atom. The average molecular weight is 224 g/mol. The SMILES string of the molecule is CCc1ccc(N)c(C(O)C(O)CNC)c1. The van der Waals surface area contributed by atoms with E-state index in [0.29, 0.717) is 17.8 Å². The van der Waals surface area contributed by atoms with Crippen LogP contribution in [0.5, 0.6) is 0 Å². The summed E-state index contributed by atoms with van der Waals surface area (Å²) in [5, 5.41) is 22.5. The highest BCUT2D eigenvalue weighted by Crippen LogP contribution is 2.24. The second-order valence-corrected chi connectivity index (χ2v) is 3.89. The molecule has 0 bridgehead atoms. The van der Waals surface area contributed by atoms with E-state index >= 15 is 0 Å². The van der Waals surface area contributed by atoms with Crippen LogP contribution < -0.4 is 11.1 Å². The summed E-state index contributed by atoms with van der Waals surface area (Å²) in [6, 6.07) is 5.54. The number of rotatable bonds is 5. The van der Waals surface area contributed by atoms with Crippen molar-refractivity contribution in [2.75, 3.05) is 19.3 Å². The summed E-state index contributed by atoms with van der Waals surface area (Å²) >= 11 is 0. The van der Waals surface area contributed by atoms with Crippen LogP contribution in [0.3, 0.4) is 0 Å². The quantitative estimate of drug-likeness (QED) is 0.547. The topological polar surface area (TPSA) is 78.5 Å². The predicted octanol–water partition coefficient (Wildman–Crippen LogP) is 0.445. The predicted molar refractivity (Wildman–Crippen MR) is 65.1 cm³/mol. The molecule has 0 radical (unpaired) electrons. The molecule has 2 unspecified atom stereocenters. The van der Waals surface area contributed by atoms with Gasteiger partial charge in [-0.3, -0.25) is 0 Å². The van der Waals surface area contributed by atoms with Crippen molar-refractivity contribution in [3.05, 3.63) is 29.3 Å². The molecule has 1 aromatic carbocycles. The summed E-state index contributed by atoms with van der Waals surface area (Å²) in [5.41, 5.74) is 8.00. The highest BCUT2D eigenvalue weighted by atomic mass is 16.3. The van der Waals surface area contributed by atoms with E-state index in [0.717, 1.165) is 12.0 Å². The molecule has 0 heterocycles. The third-order valence-electron chi connectivity index (χ3n) is 2.66. The van der Waals surface area contributed by atoms with Crippen LogP contribution in [0.4, 0.5) is 5.69 Å². The minimum Gasteiger partial charge on any atom is -0.398 e. The normalized spacial score (nSPS) is 14.8. The zero-order chi connectivity index (χ0) is 12.1. The second-order valence-electron chi connectivity index (χ2n) is 3.89. The van der Waals surface area contributed by atoms with Crippen molar-refractivity contribution >= 4 is 5.69 Å². The number of aliphatic hydroxyl groups excluding tert-OH is 2. The highest BCUT2D eigenvalue weighted by molar-refractivity contribution is 5.50. The van der Waals surface area contributed by atoms with E-state index in [1.165, 1.54) is 0 Å². The van der Waals surface area contributed by atoms with Crippen LogP contribution in [0.15, 0.2) is 18.2 Å². The number of likely N-dealkylation sites (N-methyl/N-ethyl adjacent to an activating group) is 1. The maximum Gasteiger partial charge on any atom is 0.108 e. The summed E-state index contributed by atoms with van der Waals surface area (Å²) in [7, 11) is 1.72. The van der Waals surface area contributed by atoms with Crippen molar-refractivity contribution in [3.63, 3.8) is 0 Å². The third-order valence-corrected chi connectivity index (χ3v) is 2.66. The van der Waals surface area contributed by atoms with Crippen LogP contribution in [-0.4, -0.2) is 29.9 Å². The maximum absolute atomic E-state index is 9.95. The summed E-state index contributed by atoms with van der Waals surface area (Å²) < 4.78 is 0. The Morgan fingerprint density at radius 3 is 2.62 bits per heavy atom. The van der Waals surface area contributed by atoms with Crippen LogP contribution in [0.2, 0.25) is 0 Å². The van der Waals surface area contributed by atoms with Gasteiger partial charge in [0.15, 0.2) is 0 Å². The van der Waals surface area contributed by atoms with E-state index in [1.807, 2.05) is 19.1 Å². The van der Waals surface area contributed by atoms with Gasteiger partial charge in [0.1, 0.15) is 6.10 Å². The van der Waals surface area contributed by atoms with Crippen molar-refractivity contribution in [1.82, 2.24) is 5.32 Å². The van der Waals surface area contributed by atoms with Gasteiger partial charge in [-0.25, -0.2) is 0 Å². The van der Waals surface area contributed by atoms with E-state index in [2.05, 4.69) is 5.32 Å². The Balaban J connectivity index is 2.92. The lowest BCUT2D eigenvalue weighted by molar-refractivity contribution is 0.0206. The summed E-state index contributed by atoms with van der Waals surface area (Å²) in [6.07, 6.45) is -0.916. The molecule has 4 heteroatoms. The summed E-state index contributed by atoms with van der Waals surface area (Å²) in [5.74, 6) is 0. The van der Waals surface area contributed by atoms with Crippen molar-refractivity contribution in [2.24, 2.45) is 0 Å². The van der Waals surface area contributed by atoms with Crippen LogP contribution in [0.1, 0.15) is 24.2 Å². The zero-order valence-corrected chi connectivity index (χ0v) is 9.77. The van der Waals surface area contributed by atoms with E-state index in [-0.39, 0.29) is 0 Å². The minimum atomic E-state index is -0.945. The first-order valence-corrected chi connectivity index (χ1v) is 5.49. The van der Waals surface area contributed by atoms with Gasteiger partial charge in [0.05, 0.1) is 6.10 Å². The molecular weight excluding hydrogens is 204 g/mol. The molecule has 1 rings (SSSR count). The molecule has 0 aliphatic carbocycles. The third kappa shape index (κ3) is 2.95. The molecule has 0 spiro atoms. The lowest BCUT2D eigenvalue weighted by Gasteiger charge is -2.20. The minimum absolute atomic E-state index is 0.330. The lowest BCUT2D eigenvalue weighted by Crippen LogP contribution is -2.30. The number of anilines is 1. The van der Waals surface area contributed by atoms with Gasteiger partial charge in [0.25, 0.3) is 0 Å². The Hall–Kier alpha value is -1.10. The van der Waals surface area contributed by atoms with Crippen LogP contribution >= 0.6 is 0 Å². The Bertz CT molecular complexity index is 342. The maximum atomic E-state index is 9.95. The average Bonchev–Trinajstić information content (AvgIpc) is 2.29. The molecule has 0 fully saturated rings. The molecule has 90 valence electrons. The number of benzene rings is 1. The molecular formula is C12H20N2O2. The van der Waals surface area contributed by atoms with Gasteiger partial charge >= 0.3 is 0 Å². The summed E-state index contributed by atoms with van der Waals surface area (Å²) in [6.45, 7) is 2.36. The first-order chi connectivity index (χ1) is 7.60. The largest absolute Gasteiger partial charge is 0.398 e. The summed E-state index contributed by atoms with van der Waals surface area (Å²) in [4.78, 5) is 0. The number of hydrogen-bond donors (Lipinski definition) is 4. The lowest BCUT2D eigenvalue weighted by atomic mass is 9.99. The molecule has 0 saturated heterocycles. The second kappa shape index (κ2) is 5.84. The Kier molecular flexibility index (Phi) is 4.73. The standard InChI is InChI=1S/C12H20N2O2/c1-3-8-4-5-10(13)9(6-8)12(16)11(15)7-14-2/h4-6,11-12,14-16H,3,7,13H2,1-2H3. The van der Waals surface area contributed by atoms with E-state index in [9.17, 15) is 10.2 Å². The van der Waals surface area contributed by atoms with Gasteiger partial charge in [-0.1, -0.05) is 19.1 Å². The number of aryl methyl sites for hydroxylation is 1. The molecule has 0 amide bonds. The number of hydrogen-bond acceptors (Lipinski definition) is 4. The Morgan fingerprint density at radius 1 is 1.38 bits per heavy atom. The Labute approximate surface area is 96.1 Å². The van der Waals surface area contributed by atoms with Gasteiger partial charge in [0.2, 0.25) is 0 Å². The molecule has 16 heavy (non-hydrogen) atoms. The van der Waals surface area contributed by atoms with Gasteiger partial charge in [-0.05, 0) is 25.1 Å². The van der Waals surface area contributed by atoms with E-state index in [1.54, 1.807) is 13.1 Å². The molecule has 0 saturated carbocycles. The molecule has 4 nitrogen and oxygen atoms in total. The fourth-order valence-corrected chi connectivity index (χ4v) is 1.63. The molecule has 0 aliphatic rings. The van der Waals surface area contributed by atoms with E-state index in [4.69, 9.17) is 5.73 Å². The number of nitrogens with two attached hydrogens (primary N) is 1. The van der Waals surface area contributed by atoms with Crippen LogP contribution in [0, 0.1) is 0 Å². The smallest absolute Gasteiger partial charge is 0.108 e. The monoisotopic (exact) mass is 224 g/mol. The van der Waals surface area contributed by atoms with Crippen molar-refractivity contribution in [1.29, 1.82) is 0 Å². The first-order valence-electron chi connectivity index (χ1n) is 5.49. The molecule has 0 aromatic heterocycles.